The van der Waals surface area contributed by atoms with E-state index >= 15 is 0 Å². The second-order valence-corrected chi connectivity index (χ2v) is 7.13. The van der Waals surface area contributed by atoms with E-state index in [0.717, 1.165) is 44.5 Å². The van der Waals surface area contributed by atoms with Crippen LogP contribution in [-0.2, 0) is 17.8 Å². The van der Waals surface area contributed by atoms with E-state index in [1.54, 1.807) is 12.1 Å². The molecule has 0 atom stereocenters. The van der Waals surface area contributed by atoms with Crippen LogP contribution in [0.25, 0.3) is 0 Å². The van der Waals surface area contributed by atoms with E-state index in [2.05, 4.69) is 10.2 Å². The molecule has 1 saturated heterocycles. The molecular weight excluding hydrogens is 327 g/mol. The highest BCUT2D eigenvalue weighted by atomic mass is 19.1. The molecule has 1 N–H and O–H groups in total. The minimum atomic E-state index is -0.172. The SMILES string of the molecule is O=C(CCN1CCC(Cc2ccc(F)cc2)CC1)NCc1ccccc1. The lowest BCUT2D eigenvalue weighted by Crippen LogP contribution is -2.37. The van der Waals surface area contributed by atoms with E-state index < -0.39 is 0 Å². The molecule has 1 aliphatic heterocycles. The van der Waals surface area contributed by atoms with E-state index in [9.17, 15) is 9.18 Å². The Labute approximate surface area is 155 Å². The number of likely N-dealkylation sites (tertiary alicyclic amines) is 1. The molecule has 26 heavy (non-hydrogen) atoms. The van der Waals surface area contributed by atoms with Crippen LogP contribution in [0.1, 0.15) is 30.4 Å². The molecular formula is C22H27FN2O. The summed E-state index contributed by atoms with van der Waals surface area (Å²) in [7, 11) is 0. The van der Waals surface area contributed by atoms with Gasteiger partial charge in [0.1, 0.15) is 5.82 Å². The summed E-state index contributed by atoms with van der Waals surface area (Å²) in [6, 6.07) is 16.8. The number of benzene rings is 2. The number of piperidine rings is 1. The lowest BCUT2D eigenvalue weighted by Gasteiger charge is -2.31. The molecule has 3 nitrogen and oxygen atoms in total. The van der Waals surface area contributed by atoms with E-state index in [-0.39, 0.29) is 11.7 Å². The molecule has 1 amide bonds. The molecule has 0 radical (unpaired) electrons. The van der Waals surface area contributed by atoms with Crippen molar-refractivity contribution in [2.24, 2.45) is 5.92 Å². The molecule has 1 aliphatic rings. The Morgan fingerprint density at radius 3 is 2.38 bits per heavy atom. The first-order valence-electron chi connectivity index (χ1n) is 9.46. The number of nitrogens with one attached hydrogen (secondary N) is 1. The monoisotopic (exact) mass is 354 g/mol. The summed E-state index contributed by atoms with van der Waals surface area (Å²) in [6.07, 6.45) is 3.85. The fraction of sp³-hybridized carbons (Fsp3) is 0.409. The lowest BCUT2D eigenvalue weighted by molar-refractivity contribution is -0.121. The number of nitrogens with zero attached hydrogens (tertiary/aromatic N) is 1. The van der Waals surface area contributed by atoms with Crippen molar-refractivity contribution in [3.63, 3.8) is 0 Å². The van der Waals surface area contributed by atoms with Gasteiger partial charge in [-0.3, -0.25) is 4.79 Å². The zero-order chi connectivity index (χ0) is 18.2. The van der Waals surface area contributed by atoms with Gasteiger partial charge in [0.05, 0.1) is 0 Å². The van der Waals surface area contributed by atoms with Crippen molar-refractivity contribution < 1.29 is 9.18 Å². The van der Waals surface area contributed by atoms with Crippen molar-refractivity contribution in [3.8, 4) is 0 Å². The molecule has 0 aromatic heterocycles. The standard InChI is InChI=1S/C22H27FN2O/c23-21-8-6-18(7-9-21)16-19-10-13-25(14-11-19)15-12-22(26)24-17-20-4-2-1-3-5-20/h1-9,19H,10-17H2,(H,24,26). The number of hydrogen-bond donors (Lipinski definition) is 1. The average Bonchev–Trinajstić information content (AvgIpc) is 2.68. The number of carbonyl (C=O) groups is 1. The molecule has 0 unspecified atom stereocenters. The number of halogens is 1. The van der Waals surface area contributed by atoms with Crippen LogP contribution < -0.4 is 5.32 Å². The Hall–Kier alpha value is -2.20. The van der Waals surface area contributed by atoms with Gasteiger partial charge in [-0.1, -0.05) is 42.5 Å². The first-order valence-corrected chi connectivity index (χ1v) is 9.46. The van der Waals surface area contributed by atoms with Crippen molar-refractivity contribution in [3.05, 3.63) is 71.5 Å². The van der Waals surface area contributed by atoms with Gasteiger partial charge in [0.15, 0.2) is 0 Å². The van der Waals surface area contributed by atoms with Gasteiger partial charge in [0.2, 0.25) is 5.91 Å². The number of hydrogen-bond acceptors (Lipinski definition) is 2. The highest BCUT2D eigenvalue weighted by Crippen LogP contribution is 2.22. The molecule has 2 aromatic carbocycles. The zero-order valence-electron chi connectivity index (χ0n) is 15.2. The van der Waals surface area contributed by atoms with Crippen molar-refractivity contribution in [1.82, 2.24) is 10.2 Å². The smallest absolute Gasteiger partial charge is 0.221 e. The van der Waals surface area contributed by atoms with Gasteiger partial charge in [0, 0.05) is 19.5 Å². The van der Waals surface area contributed by atoms with E-state index in [0.29, 0.717) is 18.9 Å². The topological polar surface area (TPSA) is 32.3 Å². The fourth-order valence-electron chi connectivity index (χ4n) is 3.51. The molecule has 3 rings (SSSR count). The van der Waals surface area contributed by atoms with E-state index in [1.165, 1.54) is 5.56 Å². The van der Waals surface area contributed by atoms with Crippen molar-refractivity contribution in [2.75, 3.05) is 19.6 Å². The van der Waals surface area contributed by atoms with E-state index in [1.807, 2.05) is 42.5 Å². The minimum absolute atomic E-state index is 0.113. The van der Waals surface area contributed by atoms with Crippen LogP contribution in [0.3, 0.4) is 0 Å². The minimum Gasteiger partial charge on any atom is -0.352 e. The Kier molecular flexibility index (Phi) is 6.78. The Bertz CT molecular complexity index is 679. The van der Waals surface area contributed by atoms with Gasteiger partial charge in [-0.25, -0.2) is 4.39 Å². The zero-order valence-corrected chi connectivity index (χ0v) is 15.2. The fourth-order valence-corrected chi connectivity index (χ4v) is 3.51. The molecule has 1 fully saturated rings. The van der Waals surface area contributed by atoms with Crippen LogP contribution >= 0.6 is 0 Å². The van der Waals surface area contributed by atoms with Crippen LogP contribution in [0.2, 0.25) is 0 Å². The van der Waals surface area contributed by atoms with Gasteiger partial charge in [-0.05, 0) is 61.5 Å². The van der Waals surface area contributed by atoms with Crippen molar-refractivity contribution in [2.45, 2.75) is 32.2 Å². The molecule has 0 spiro atoms. The Balaban J connectivity index is 1.32. The van der Waals surface area contributed by atoms with Gasteiger partial charge in [0.25, 0.3) is 0 Å². The summed E-state index contributed by atoms with van der Waals surface area (Å²) in [5, 5.41) is 2.99. The molecule has 138 valence electrons. The summed E-state index contributed by atoms with van der Waals surface area (Å²) in [6.45, 7) is 3.50. The highest BCUT2D eigenvalue weighted by Gasteiger charge is 2.19. The van der Waals surface area contributed by atoms with Crippen LogP contribution in [0.4, 0.5) is 4.39 Å². The molecule has 4 heteroatoms. The number of rotatable bonds is 7. The maximum Gasteiger partial charge on any atom is 0.221 e. The van der Waals surface area contributed by atoms with Gasteiger partial charge < -0.3 is 10.2 Å². The van der Waals surface area contributed by atoms with Gasteiger partial charge in [-0.15, -0.1) is 0 Å². The second-order valence-electron chi connectivity index (χ2n) is 7.13. The molecule has 0 aliphatic carbocycles. The average molecular weight is 354 g/mol. The third-order valence-corrected chi connectivity index (χ3v) is 5.13. The summed E-state index contributed by atoms with van der Waals surface area (Å²) in [5.41, 5.74) is 2.34. The molecule has 0 bridgehead atoms. The van der Waals surface area contributed by atoms with Crippen LogP contribution in [-0.4, -0.2) is 30.4 Å². The predicted molar refractivity (Wildman–Crippen MR) is 102 cm³/mol. The van der Waals surface area contributed by atoms with Crippen molar-refractivity contribution >= 4 is 5.91 Å². The Morgan fingerprint density at radius 2 is 1.69 bits per heavy atom. The van der Waals surface area contributed by atoms with Crippen LogP contribution in [0, 0.1) is 11.7 Å². The summed E-state index contributed by atoms with van der Waals surface area (Å²) >= 11 is 0. The normalized spacial score (nSPS) is 15.7. The van der Waals surface area contributed by atoms with Crippen molar-refractivity contribution in [1.29, 1.82) is 0 Å². The first-order chi connectivity index (χ1) is 12.7. The number of carbonyl (C=O) groups excluding carboxylic acids is 1. The van der Waals surface area contributed by atoms with Crippen LogP contribution in [0.5, 0.6) is 0 Å². The quantitative estimate of drug-likeness (QED) is 0.820. The summed E-state index contributed by atoms with van der Waals surface area (Å²) in [5.74, 6) is 0.597. The largest absolute Gasteiger partial charge is 0.352 e. The van der Waals surface area contributed by atoms with Crippen LogP contribution in [0.15, 0.2) is 54.6 Å². The van der Waals surface area contributed by atoms with Gasteiger partial charge >= 0.3 is 0 Å². The predicted octanol–water partition coefficient (Wildman–Crippen LogP) is 3.79. The second kappa shape index (κ2) is 9.48. The van der Waals surface area contributed by atoms with Gasteiger partial charge in [-0.2, -0.15) is 0 Å². The maximum atomic E-state index is 13.0. The third kappa shape index (κ3) is 5.95. The van der Waals surface area contributed by atoms with E-state index in [4.69, 9.17) is 0 Å². The molecule has 1 heterocycles. The first kappa shape index (κ1) is 18.6. The number of amides is 1. The maximum absolute atomic E-state index is 13.0. The summed E-state index contributed by atoms with van der Waals surface area (Å²) in [4.78, 5) is 14.4. The lowest BCUT2D eigenvalue weighted by atomic mass is 9.90. The molecule has 0 saturated carbocycles. The Morgan fingerprint density at radius 1 is 1.00 bits per heavy atom. The summed E-state index contributed by atoms with van der Waals surface area (Å²) < 4.78 is 13.0. The highest BCUT2D eigenvalue weighted by molar-refractivity contribution is 5.76. The molecule has 2 aromatic rings. The third-order valence-electron chi connectivity index (χ3n) is 5.13.